The third-order valence-corrected chi connectivity index (χ3v) is 4.27. The van der Waals surface area contributed by atoms with Gasteiger partial charge in [0.15, 0.2) is 0 Å². The molecule has 1 fully saturated rings. The van der Waals surface area contributed by atoms with E-state index < -0.39 is 0 Å². The predicted molar refractivity (Wildman–Crippen MR) is 71.1 cm³/mol. The van der Waals surface area contributed by atoms with Gasteiger partial charge >= 0.3 is 0 Å². The maximum atomic E-state index is 12.2. The van der Waals surface area contributed by atoms with E-state index in [1.54, 1.807) is 16.2 Å². The highest BCUT2D eigenvalue weighted by Gasteiger charge is 2.31. The zero-order chi connectivity index (χ0) is 13.1. The molecule has 1 aliphatic rings. The van der Waals surface area contributed by atoms with E-state index in [0.717, 1.165) is 18.4 Å². The van der Waals surface area contributed by atoms with Gasteiger partial charge in [-0.3, -0.25) is 9.59 Å². The van der Waals surface area contributed by atoms with Gasteiger partial charge in [-0.25, -0.2) is 0 Å². The van der Waals surface area contributed by atoms with Crippen LogP contribution in [0.2, 0.25) is 0 Å². The van der Waals surface area contributed by atoms with Crippen molar-refractivity contribution in [2.24, 2.45) is 11.7 Å². The van der Waals surface area contributed by atoms with Gasteiger partial charge in [-0.2, -0.15) is 11.3 Å². The summed E-state index contributed by atoms with van der Waals surface area (Å²) in [6.45, 7) is 2.50. The zero-order valence-electron chi connectivity index (χ0n) is 10.5. The molecule has 0 saturated carbocycles. The minimum absolute atomic E-state index is 0.0897. The van der Waals surface area contributed by atoms with Crippen molar-refractivity contribution in [3.8, 4) is 0 Å². The number of nitrogens with zero attached hydrogens (tertiary/aromatic N) is 1. The fraction of sp³-hybridized carbons (Fsp3) is 0.538. The molecule has 1 aromatic rings. The fourth-order valence-corrected chi connectivity index (χ4v) is 3.02. The molecule has 1 aliphatic heterocycles. The number of rotatable bonds is 3. The lowest BCUT2D eigenvalue weighted by atomic mass is 9.92. The van der Waals surface area contributed by atoms with Gasteiger partial charge in [-0.1, -0.05) is 0 Å². The summed E-state index contributed by atoms with van der Waals surface area (Å²) in [5.74, 6) is -0.394. The van der Waals surface area contributed by atoms with Crippen LogP contribution in [-0.4, -0.2) is 29.3 Å². The minimum Gasteiger partial charge on any atom is -0.369 e. The molecule has 2 N–H and O–H groups in total. The maximum absolute atomic E-state index is 12.2. The summed E-state index contributed by atoms with van der Waals surface area (Å²) in [7, 11) is 0. The molecule has 2 amide bonds. The van der Waals surface area contributed by atoms with Crippen molar-refractivity contribution in [1.82, 2.24) is 4.90 Å². The number of carbonyl (C=O) groups excluding carboxylic acids is 2. The molecular formula is C13H18N2O2S. The molecule has 18 heavy (non-hydrogen) atoms. The summed E-state index contributed by atoms with van der Waals surface area (Å²) in [5.41, 5.74) is 6.38. The van der Waals surface area contributed by atoms with Gasteiger partial charge in [-0.15, -0.1) is 0 Å². The lowest BCUT2D eigenvalue weighted by molar-refractivity contribution is -0.136. The Hall–Kier alpha value is -1.36. The first-order valence-corrected chi connectivity index (χ1v) is 7.12. The van der Waals surface area contributed by atoms with Crippen LogP contribution in [0.25, 0.3) is 0 Å². The molecule has 4 nitrogen and oxygen atoms in total. The number of nitrogens with two attached hydrogens (primary N) is 1. The monoisotopic (exact) mass is 266 g/mol. The van der Waals surface area contributed by atoms with Crippen molar-refractivity contribution in [1.29, 1.82) is 0 Å². The second kappa shape index (κ2) is 5.52. The van der Waals surface area contributed by atoms with Crippen molar-refractivity contribution in [2.75, 3.05) is 6.54 Å². The van der Waals surface area contributed by atoms with Crippen LogP contribution in [0.5, 0.6) is 0 Å². The van der Waals surface area contributed by atoms with Crippen molar-refractivity contribution in [3.05, 3.63) is 22.4 Å². The number of carbonyl (C=O) groups is 2. The SMILES string of the molecule is C[C@@H]1CC[C@H](C(N)=O)CN1C(=O)Cc1ccsc1. The average molecular weight is 266 g/mol. The number of primary amides is 1. The number of likely N-dealkylation sites (tertiary alicyclic amines) is 1. The van der Waals surface area contributed by atoms with Gasteiger partial charge in [0.05, 0.1) is 12.3 Å². The molecule has 1 saturated heterocycles. The quantitative estimate of drug-likeness (QED) is 0.899. The van der Waals surface area contributed by atoms with Crippen LogP contribution < -0.4 is 5.73 Å². The number of piperidine rings is 1. The molecular weight excluding hydrogens is 248 g/mol. The Morgan fingerprint density at radius 2 is 2.28 bits per heavy atom. The standard InChI is InChI=1S/C13H18N2O2S/c1-9-2-3-11(13(14)17)7-15(9)12(16)6-10-4-5-18-8-10/h4-5,8-9,11H,2-3,6-7H2,1H3,(H2,14,17)/t9-,11+/m1/s1. The Morgan fingerprint density at radius 3 is 2.89 bits per heavy atom. The van der Waals surface area contributed by atoms with E-state index in [4.69, 9.17) is 5.73 Å². The van der Waals surface area contributed by atoms with Crippen molar-refractivity contribution < 1.29 is 9.59 Å². The van der Waals surface area contributed by atoms with Gasteiger partial charge in [-0.05, 0) is 42.2 Å². The number of hydrogen-bond donors (Lipinski definition) is 1. The number of amides is 2. The van der Waals surface area contributed by atoms with E-state index in [2.05, 4.69) is 0 Å². The van der Waals surface area contributed by atoms with E-state index in [0.29, 0.717) is 13.0 Å². The minimum atomic E-state index is -0.296. The first-order valence-electron chi connectivity index (χ1n) is 6.17. The van der Waals surface area contributed by atoms with Gasteiger partial charge in [0, 0.05) is 12.6 Å². The molecule has 0 unspecified atom stereocenters. The third-order valence-electron chi connectivity index (χ3n) is 3.54. The van der Waals surface area contributed by atoms with E-state index in [-0.39, 0.29) is 23.8 Å². The topological polar surface area (TPSA) is 63.4 Å². The van der Waals surface area contributed by atoms with Crippen molar-refractivity contribution in [2.45, 2.75) is 32.2 Å². The largest absolute Gasteiger partial charge is 0.369 e. The molecule has 98 valence electrons. The molecule has 2 atom stereocenters. The molecule has 2 heterocycles. The van der Waals surface area contributed by atoms with Crippen LogP contribution in [0.15, 0.2) is 16.8 Å². The van der Waals surface area contributed by atoms with Gasteiger partial charge in [0.2, 0.25) is 11.8 Å². The van der Waals surface area contributed by atoms with Crippen molar-refractivity contribution >= 4 is 23.2 Å². The molecule has 0 spiro atoms. The number of thiophene rings is 1. The first-order chi connectivity index (χ1) is 8.58. The van der Waals surface area contributed by atoms with Crippen LogP contribution in [0.3, 0.4) is 0 Å². The third kappa shape index (κ3) is 2.90. The molecule has 0 radical (unpaired) electrons. The molecule has 0 aromatic carbocycles. The van der Waals surface area contributed by atoms with E-state index in [9.17, 15) is 9.59 Å². The van der Waals surface area contributed by atoms with Crippen LogP contribution >= 0.6 is 11.3 Å². The van der Waals surface area contributed by atoms with E-state index >= 15 is 0 Å². The lowest BCUT2D eigenvalue weighted by Gasteiger charge is -2.37. The highest BCUT2D eigenvalue weighted by atomic mass is 32.1. The molecule has 0 bridgehead atoms. The molecule has 2 rings (SSSR count). The van der Waals surface area contributed by atoms with Crippen LogP contribution in [-0.2, 0) is 16.0 Å². The van der Waals surface area contributed by atoms with Crippen LogP contribution in [0.4, 0.5) is 0 Å². The van der Waals surface area contributed by atoms with E-state index in [1.807, 2.05) is 23.8 Å². The smallest absolute Gasteiger partial charge is 0.227 e. The first kappa shape index (κ1) is 13.1. The molecule has 1 aromatic heterocycles. The summed E-state index contributed by atoms with van der Waals surface area (Å²) < 4.78 is 0. The van der Waals surface area contributed by atoms with E-state index in [1.165, 1.54) is 0 Å². The van der Waals surface area contributed by atoms with Crippen molar-refractivity contribution in [3.63, 3.8) is 0 Å². The van der Waals surface area contributed by atoms with Crippen LogP contribution in [0.1, 0.15) is 25.3 Å². The highest BCUT2D eigenvalue weighted by molar-refractivity contribution is 7.07. The summed E-state index contributed by atoms with van der Waals surface area (Å²) in [4.78, 5) is 25.3. The number of hydrogen-bond acceptors (Lipinski definition) is 3. The van der Waals surface area contributed by atoms with Crippen LogP contribution in [0, 0.1) is 5.92 Å². The highest BCUT2D eigenvalue weighted by Crippen LogP contribution is 2.22. The Kier molecular flexibility index (Phi) is 4.01. The Bertz CT molecular complexity index is 430. The zero-order valence-corrected chi connectivity index (χ0v) is 11.3. The predicted octanol–water partition coefficient (Wildman–Crippen LogP) is 1.40. The summed E-state index contributed by atoms with van der Waals surface area (Å²) in [6, 6.07) is 2.16. The Labute approximate surface area is 111 Å². The molecule has 0 aliphatic carbocycles. The summed E-state index contributed by atoms with van der Waals surface area (Å²) >= 11 is 1.59. The fourth-order valence-electron chi connectivity index (χ4n) is 2.36. The normalized spacial score (nSPS) is 23.9. The van der Waals surface area contributed by atoms with Gasteiger partial charge < -0.3 is 10.6 Å². The Balaban J connectivity index is 2.01. The van der Waals surface area contributed by atoms with Gasteiger partial charge in [0.25, 0.3) is 0 Å². The maximum Gasteiger partial charge on any atom is 0.227 e. The lowest BCUT2D eigenvalue weighted by Crippen LogP contribution is -2.49. The van der Waals surface area contributed by atoms with Gasteiger partial charge in [0.1, 0.15) is 0 Å². The second-order valence-corrected chi connectivity index (χ2v) is 5.66. The average Bonchev–Trinajstić information content (AvgIpc) is 2.81. The molecule has 5 heteroatoms. The summed E-state index contributed by atoms with van der Waals surface area (Å²) in [6.07, 6.45) is 2.06. The Morgan fingerprint density at radius 1 is 1.50 bits per heavy atom. The summed E-state index contributed by atoms with van der Waals surface area (Å²) in [5, 5.41) is 3.95. The second-order valence-electron chi connectivity index (χ2n) is 4.88.